The Morgan fingerprint density at radius 3 is 2.89 bits per heavy atom. The maximum atomic E-state index is 11.7. The van der Waals surface area contributed by atoms with Crippen LogP contribution in [0.15, 0.2) is 29.4 Å². The van der Waals surface area contributed by atoms with Gasteiger partial charge in [-0.25, -0.2) is 8.42 Å². The fraction of sp³-hybridized carbons (Fsp3) is 0.364. The standard InChI is InChI=1S/C11H17N3O4S/c1-2-18-6-7-19(16,17)14-10-5-3-4-9(8-10)11(12)13-15/h3-5,8,14-15H,2,6-7H2,1H3,(H2,12,13). The van der Waals surface area contributed by atoms with Crippen molar-refractivity contribution in [2.24, 2.45) is 10.9 Å². The lowest BCUT2D eigenvalue weighted by molar-refractivity contribution is 0.163. The van der Waals surface area contributed by atoms with E-state index in [9.17, 15) is 8.42 Å². The van der Waals surface area contributed by atoms with Gasteiger partial charge in [0.05, 0.1) is 12.4 Å². The number of nitrogens with zero attached hydrogens (tertiary/aromatic N) is 1. The molecule has 0 atom stereocenters. The minimum atomic E-state index is -3.47. The second-order valence-electron chi connectivity index (χ2n) is 3.68. The summed E-state index contributed by atoms with van der Waals surface area (Å²) in [6.07, 6.45) is 0. The Balaban J connectivity index is 2.77. The van der Waals surface area contributed by atoms with E-state index in [-0.39, 0.29) is 18.2 Å². The van der Waals surface area contributed by atoms with Gasteiger partial charge < -0.3 is 15.7 Å². The summed E-state index contributed by atoms with van der Waals surface area (Å²) in [6, 6.07) is 6.26. The van der Waals surface area contributed by atoms with E-state index in [4.69, 9.17) is 15.7 Å². The third kappa shape index (κ3) is 5.14. The quantitative estimate of drug-likeness (QED) is 0.223. The number of nitrogens with one attached hydrogen (secondary N) is 1. The molecule has 106 valence electrons. The molecule has 0 aliphatic rings. The van der Waals surface area contributed by atoms with E-state index < -0.39 is 10.0 Å². The molecule has 0 unspecified atom stereocenters. The van der Waals surface area contributed by atoms with E-state index in [1.807, 2.05) is 0 Å². The highest BCUT2D eigenvalue weighted by Gasteiger charge is 2.11. The lowest BCUT2D eigenvalue weighted by atomic mass is 10.2. The van der Waals surface area contributed by atoms with Crippen LogP contribution in [0.5, 0.6) is 0 Å². The molecule has 7 nitrogen and oxygen atoms in total. The maximum absolute atomic E-state index is 11.7. The molecule has 8 heteroatoms. The Hall–Kier alpha value is -1.80. The summed E-state index contributed by atoms with van der Waals surface area (Å²) in [5.41, 5.74) is 6.20. The second kappa shape index (κ2) is 6.95. The molecule has 1 aromatic rings. The lowest BCUT2D eigenvalue weighted by Crippen LogP contribution is -2.20. The van der Waals surface area contributed by atoms with Crippen LogP contribution in [0, 0.1) is 0 Å². The monoisotopic (exact) mass is 287 g/mol. The summed E-state index contributed by atoms with van der Waals surface area (Å²) in [5.74, 6) is -0.218. The van der Waals surface area contributed by atoms with Gasteiger partial charge in [0, 0.05) is 17.9 Å². The van der Waals surface area contributed by atoms with Gasteiger partial charge in [-0.2, -0.15) is 0 Å². The van der Waals surface area contributed by atoms with Crippen LogP contribution in [0.3, 0.4) is 0 Å². The Labute approximate surface area is 112 Å². The topological polar surface area (TPSA) is 114 Å². The molecule has 0 aromatic heterocycles. The third-order valence-corrected chi connectivity index (χ3v) is 3.49. The van der Waals surface area contributed by atoms with Gasteiger partial charge >= 0.3 is 0 Å². The van der Waals surface area contributed by atoms with Gasteiger partial charge in [-0.1, -0.05) is 17.3 Å². The number of hydrogen-bond donors (Lipinski definition) is 3. The smallest absolute Gasteiger partial charge is 0.234 e. The molecule has 0 amide bonds. The molecular formula is C11H17N3O4S. The average Bonchev–Trinajstić information content (AvgIpc) is 2.37. The van der Waals surface area contributed by atoms with E-state index in [0.29, 0.717) is 17.9 Å². The van der Waals surface area contributed by atoms with Gasteiger partial charge in [0.1, 0.15) is 0 Å². The molecule has 1 aromatic carbocycles. The molecule has 0 aliphatic carbocycles. The molecule has 0 spiro atoms. The van der Waals surface area contributed by atoms with Gasteiger partial charge in [-0.15, -0.1) is 0 Å². The van der Waals surface area contributed by atoms with Crippen molar-refractivity contribution in [2.45, 2.75) is 6.92 Å². The normalized spacial score (nSPS) is 12.4. The molecule has 0 saturated carbocycles. The van der Waals surface area contributed by atoms with Crippen molar-refractivity contribution < 1.29 is 18.4 Å². The van der Waals surface area contributed by atoms with Crippen molar-refractivity contribution in [3.05, 3.63) is 29.8 Å². The zero-order chi connectivity index (χ0) is 14.3. The summed E-state index contributed by atoms with van der Waals surface area (Å²) in [5, 5.41) is 11.4. The summed E-state index contributed by atoms with van der Waals surface area (Å²) in [6.45, 7) is 2.39. The fourth-order valence-corrected chi connectivity index (χ4v) is 2.27. The molecule has 0 heterocycles. The van der Waals surface area contributed by atoms with Crippen molar-refractivity contribution in [3.8, 4) is 0 Å². The van der Waals surface area contributed by atoms with Crippen LogP contribution >= 0.6 is 0 Å². The van der Waals surface area contributed by atoms with Crippen molar-refractivity contribution in [3.63, 3.8) is 0 Å². The number of hydrogen-bond acceptors (Lipinski definition) is 5. The molecule has 0 bridgehead atoms. The number of amidine groups is 1. The number of sulfonamides is 1. The first kappa shape index (κ1) is 15.3. The maximum Gasteiger partial charge on any atom is 0.234 e. The Kier molecular flexibility index (Phi) is 5.58. The van der Waals surface area contributed by atoms with Crippen LogP contribution in [0.25, 0.3) is 0 Å². The molecule has 0 saturated heterocycles. The minimum Gasteiger partial charge on any atom is -0.409 e. The van der Waals surface area contributed by atoms with Crippen LogP contribution in [0.4, 0.5) is 5.69 Å². The van der Waals surface area contributed by atoms with Crippen molar-refractivity contribution in [1.29, 1.82) is 0 Å². The number of benzene rings is 1. The zero-order valence-electron chi connectivity index (χ0n) is 10.5. The summed E-state index contributed by atoms with van der Waals surface area (Å²) >= 11 is 0. The van der Waals surface area contributed by atoms with Crippen molar-refractivity contribution in [1.82, 2.24) is 0 Å². The van der Waals surface area contributed by atoms with Crippen molar-refractivity contribution >= 4 is 21.5 Å². The summed E-state index contributed by atoms with van der Waals surface area (Å²) in [4.78, 5) is 0. The second-order valence-corrected chi connectivity index (χ2v) is 5.53. The molecule has 0 aliphatic heterocycles. The Bertz CT molecular complexity index is 543. The van der Waals surface area contributed by atoms with Crippen LogP contribution in [0.2, 0.25) is 0 Å². The molecule has 19 heavy (non-hydrogen) atoms. The molecular weight excluding hydrogens is 270 g/mol. The predicted octanol–water partition coefficient (Wildman–Crippen LogP) is 0.559. The highest BCUT2D eigenvalue weighted by atomic mass is 32.2. The number of anilines is 1. The van der Waals surface area contributed by atoms with E-state index in [2.05, 4.69) is 9.88 Å². The first-order chi connectivity index (χ1) is 8.98. The van der Waals surface area contributed by atoms with Gasteiger partial charge in [0.25, 0.3) is 0 Å². The molecule has 0 fully saturated rings. The van der Waals surface area contributed by atoms with E-state index >= 15 is 0 Å². The largest absolute Gasteiger partial charge is 0.409 e. The number of nitrogens with two attached hydrogens (primary N) is 1. The highest BCUT2D eigenvalue weighted by Crippen LogP contribution is 2.12. The fourth-order valence-electron chi connectivity index (χ4n) is 1.34. The van der Waals surface area contributed by atoms with Gasteiger partial charge in [-0.05, 0) is 19.1 Å². The minimum absolute atomic E-state index is 0.0876. The molecule has 4 N–H and O–H groups in total. The predicted molar refractivity (Wildman–Crippen MR) is 72.9 cm³/mol. The van der Waals surface area contributed by atoms with Gasteiger partial charge in [0.2, 0.25) is 10.0 Å². The van der Waals surface area contributed by atoms with E-state index in [1.54, 1.807) is 25.1 Å². The first-order valence-corrected chi connectivity index (χ1v) is 7.30. The number of oxime groups is 1. The number of rotatable bonds is 7. The lowest BCUT2D eigenvalue weighted by Gasteiger charge is -2.09. The van der Waals surface area contributed by atoms with Crippen molar-refractivity contribution in [2.75, 3.05) is 23.7 Å². The number of ether oxygens (including phenoxy) is 1. The summed E-state index contributed by atoms with van der Waals surface area (Å²) < 4.78 is 30.8. The summed E-state index contributed by atoms with van der Waals surface area (Å²) in [7, 11) is -3.47. The Morgan fingerprint density at radius 1 is 1.53 bits per heavy atom. The average molecular weight is 287 g/mol. The highest BCUT2D eigenvalue weighted by molar-refractivity contribution is 7.92. The van der Waals surface area contributed by atoms with Crippen LogP contribution in [-0.4, -0.2) is 38.4 Å². The molecule has 0 radical (unpaired) electrons. The van der Waals surface area contributed by atoms with Crippen LogP contribution in [-0.2, 0) is 14.8 Å². The van der Waals surface area contributed by atoms with E-state index in [1.165, 1.54) is 6.07 Å². The third-order valence-electron chi connectivity index (χ3n) is 2.24. The van der Waals surface area contributed by atoms with Gasteiger partial charge in [-0.3, -0.25) is 4.72 Å². The SMILES string of the molecule is CCOCCS(=O)(=O)Nc1cccc(C(N)=NO)c1. The van der Waals surface area contributed by atoms with Gasteiger partial charge in [0.15, 0.2) is 5.84 Å². The Morgan fingerprint density at radius 2 is 2.26 bits per heavy atom. The first-order valence-electron chi connectivity index (χ1n) is 5.64. The van der Waals surface area contributed by atoms with E-state index in [0.717, 1.165) is 0 Å². The molecule has 1 rings (SSSR count). The van der Waals surface area contributed by atoms with Crippen LogP contribution < -0.4 is 10.5 Å². The zero-order valence-corrected chi connectivity index (χ0v) is 11.4. The van der Waals surface area contributed by atoms with Crippen LogP contribution in [0.1, 0.15) is 12.5 Å².